The zero-order valence-corrected chi connectivity index (χ0v) is 14.1. The molecule has 0 spiro atoms. The van der Waals surface area contributed by atoms with Gasteiger partial charge in [0.2, 0.25) is 0 Å². The van der Waals surface area contributed by atoms with Crippen molar-refractivity contribution < 1.29 is 14.3 Å². The molecule has 0 radical (unpaired) electrons. The predicted molar refractivity (Wildman–Crippen MR) is 93.6 cm³/mol. The van der Waals surface area contributed by atoms with Crippen LogP contribution in [0.2, 0.25) is 0 Å². The molecule has 4 nitrogen and oxygen atoms in total. The van der Waals surface area contributed by atoms with Gasteiger partial charge in [-0.3, -0.25) is 14.5 Å². The van der Waals surface area contributed by atoms with Gasteiger partial charge in [0.05, 0.1) is 6.04 Å². The summed E-state index contributed by atoms with van der Waals surface area (Å²) >= 11 is 0. The molecule has 0 saturated carbocycles. The standard InChI is InChI=1S/C20H23NO3/c1-16(22)15-19(23)24-14-13-21(2)20(17-9-5-3-6-10-17)18-11-7-4-8-12-18/h3-12,20H,13-15H2,1-2H3. The lowest BCUT2D eigenvalue weighted by atomic mass is 9.97. The van der Waals surface area contributed by atoms with Crippen molar-refractivity contribution >= 4 is 11.8 Å². The molecule has 0 aliphatic heterocycles. The summed E-state index contributed by atoms with van der Waals surface area (Å²) in [5.74, 6) is -0.647. The van der Waals surface area contributed by atoms with Crippen molar-refractivity contribution in [1.82, 2.24) is 4.90 Å². The highest BCUT2D eigenvalue weighted by atomic mass is 16.5. The Labute approximate surface area is 143 Å². The van der Waals surface area contributed by atoms with Crippen molar-refractivity contribution in [2.45, 2.75) is 19.4 Å². The lowest BCUT2D eigenvalue weighted by Gasteiger charge is -2.29. The minimum absolute atomic E-state index is 0.0823. The van der Waals surface area contributed by atoms with Gasteiger partial charge in [-0.05, 0) is 25.1 Å². The second kappa shape index (κ2) is 8.99. The van der Waals surface area contributed by atoms with Crippen LogP contribution in [0.3, 0.4) is 0 Å². The smallest absolute Gasteiger partial charge is 0.313 e. The van der Waals surface area contributed by atoms with E-state index in [-0.39, 0.29) is 24.9 Å². The van der Waals surface area contributed by atoms with Crippen LogP contribution >= 0.6 is 0 Å². The number of esters is 1. The molecular weight excluding hydrogens is 302 g/mol. The molecule has 0 aliphatic rings. The maximum atomic E-state index is 11.5. The highest BCUT2D eigenvalue weighted by Crippen LogP contribution is 2.27. The number of ether oxygens (including phenoxy) is 1. The topological polar surface area (TPSA) is 46.6 Å². The molecule has 0 N–H and O–H groups in total. The Balaban J connectivity index is 2.05. The van der Waals surface area contributed by atoms with Crippen molar-refractivity contribution in [3.63, 3.8) is 0 Å². The fourth-order valence-corrected chi connectivity index (χ4v) is 2.66. The van der Waals surface area contributed by atoms with E-state index in [9.17, 15) is 9.59 Å². The molecule has 0 amide bonds. The number of likely N-dealkylation sites (N-methyl/N-ethyl adjacent to an activating group) is 1. The summed E-state index contributed by atoms with van der Waals surface area (Å²) in [6.45, 7) is 2.23. The monoisotopic (exact) mass is 325 g/mol. The first-order valence-corrected chi connectivity index (χ1v) is 8.03. The van der Waals surface area contributed by atoms with E-state index < -0.39 is 5.97 Å². The number of hydrogen-bond donors (Lipinski definition) is 0. The second-order valence-corrected chi connectivity index (χ2v) is 5.80. The zero-order chi connectivity index (χ0) is 17.4. The summed E-state index contributed by atoms with van der Waals surface area (Å²) in [6.07, 6.45) is -0.162. The van der Waals surface area contributed by atoms with E-state index >= 15 is 0 Å². The van der Waals surface area contributed by atoms with Crippen molar-refractivity contribution in [3.8, 4) is 0 Å². The Hall–Kier alpha value is -2.46. The van der Waals surface area contributed by atoms with Crippen molar-refractivity contribution in [2.24, 2.45) is 0 Å². The van der Waals surface area contributed by atoms with Crippen LogP contribution in [0.4, 0.5) is 0 Å². The quantitative estimate of drug-likeness (QED) is 0.552. The van der Waals surface area contributed by atoms with Crippen LogP contribution in [-0.2, 0) is 14.3 Å². The second-order valence-electron chi connectivity index (χ2n) is 5.80. The summed E-state index contributed by atoms with van der Waals surface area (Å²) < 4.78 is 5.14. The van der Waals surface area contributed by atoms with Gasteiger partial charge in [-0.15, -0.1) is 0 Å². The molecule has 2 aromatic rings. The SMILES string of the molecule is CC(=O)CC(=O)OCCN(C)C(c1ccccc1)c1ccccc1. The third kappa shape index (κ3) is 5.32. The van der Waals surface area contributed by atoms with Crippen LogP contribution in [0.5, 0.6) is 0 Å². The zero-order valence-electron chi connectivity index (χ0n) is 14.1. The highest BCUT2D eigenvalue weighted by molar-refractivity contribution is 5.94. The largest absolute Gasteiger partial charge is 0.464 e. The maximum Gasteiger partial charge on any atom is 0.313 e. The maximum absolute atomic E-state index is 11.5. The molecule has 0 fully saturated rings. The van der Waals surface area contributed by atoms with Crippen LogP contribution in [0.25, 0.3) is 0 Å². The Morgan fingerprint density at radius 1 is 0.958 bits per heavy atom. The number of rotatable bonds is 8. The van der Waals surface area contributed by atoms with Crippen LogP contribution in [-0.4, -0.2) is 36.9 Å². The first-order chi connectivity index (χ1) is 11.6. The third-order valence-corrected chi connectivity index (χ3v) is 3.77. The first-order valence-electron chi connectivity index (χ1n) is 8.03. The average Bonchev–Trinajstić information content (AvgIpc) is 2.56. The van der Waals surface area contributed by atoms with Crippen LogP contribution in [0, 0.1) is 0 Å². The predicted octanol–water partition coefficient (Wildman–Crippen LogP) is 3.23. The summed E-state index contributed by atoms with van der Waals surface area (Å²) in [5.41, 5.74) is 2.36. The Morgan fingerprint density at radius 2 is 1.46 bits per heavy atom. The molecule has 0 aromatic heterocycles. The highest BCUT2D eigenvalue weighted by Gasteiger charge is 2.19. The lowest BCUT2D eigenvalue weighted by Crippen LogP contribution is -2.29. The van der Waals surface area contributed by atoms with Crippen molar-refractivity contribution in [2.75, 3.05) is 20.2 Å². The molecule has 2 rings (SSSR count). The van der Waals surface area contributed by atoms with Crippen molar-refractivity contribution in [3.05, 3.63) is 71.8 Å². The molecule has 126 valence electrons. The van der Waals surface area contributed by atoms with E-state index in [2.05, 4.69) is 29.2 Å². The molecular formula is C20H23NO3. The molecule has 0 heterocycles. The Morgan fingerprint density at radius 3 is 1.92 bits per heavy atom. The molecule has 0 saturated heterocycles. The first kappa shape index (κ1) is 17.9. The number of hydrogen-bond acceptors (Lipinski definition) is 4. The van der Waals surface area contributed by atoms with Gasteiger partial charge in [0.15, 0.2) is 0 Å². The Bertz CT molecular complexity index is 616. The van der Waals surface area contributed by atoms with Crippen molar-refractivity contribution in [1.29, 1.82) is 0 Å². The number of nitrogens with zero attached hydrogens (tertiary/aromatic N) is 1. The van der Waals surface area contributed by atoms with E-state index in [1.807, 2.05) is 43.4 Å². The molecule has 4 heteroatoms. The fraction of sp³-hybridized carbons (Fsp3) is 0.300. The van der Waals surface area contributed by atoms with Gasteiger partial charge in [0.25, 0.3) is 0 Å². The van der Waals surface area contributed by atoms with E-state index in [0.29, 0.717) is 6.54 Å². The summed E-state index contributed by atoms with van der Waals surface area (Å²) in [7, 11) is 2.00. The van der Waals surface area contributed by atoms with Crippen LogP contribution in [0.15, 0.2) is 60.7 Å². The summed E-state index contributed by atoms with van der Waals surface area (Å²) in [5, 5.41) is 0. The number of Topliss-reactive ketones (excluding diaryl/α,β-unsaturated/α-hetero) is 1. The number of carbonyl (C=O) groups excluding carboxylic acids is 2. The number of ketones is 1. The van der Waals surface area contributed by atoms with E-state index in [4.69, 9.17) is 4.74 Å². The van der Waals surface area contributed by atoms with E-state index in [1.165, 1.54) is 18.1 Å². The van der Waals surface area contributed by atoms with E-state index in [0.717, 1.165) is 0 Å². The minimum Gasteiger partial charge on any atom is -0.464 e. The normalized spacial score (nSPS) is 10.8. The minimum atomic E-state index is -0.466. The molecule has 0 unspecified atom stereocenters. The van der Waals surface area contributed by atoms with Gasteiger partial charge in [-0.2, -0.15) is 0 Å². The molecule has 2 aromatic carbocycles. The molecule has 0 bridgehead atoms. The van der Waals surface area contributed by atoms with Gasteiger partial charge >= 0.3 is 5.97 Å². The van der Waals surface area contributed by atoms with Gasteiger partial charge in [0.1, 0.15) is 18.8 Å². The van der Waals surface area contributed by atoms with Gasteiger partial charge in [0, 0.05) is 6.54 Å². The third-order valence-electron chi connectivity index (χ3n) is 3.77. The van der Waals surface area contributed by atoms with Crippen LogP contribution < -0.4 is 0 Å². The molecule has 0 atom stereocenters. The van der Waals surface area contributed by atoms with Gasteiger partial charge in [-0.25, -0.2) is 0 Å². The van der Waals surface area contributed by atoms with E-state index in [1.54, 1.807) is 0 Å². The number of carbonyl (C=O) groups is 2. The summed E-state index contributed by atoms with van der Waals surface area (Å²) in [4.78, 5) is 24.5. The molecule has 24 heavy (non-hydrogen) atoms. The van der Waals surface area contributed by atoms with Gasteiger partial charge in [-0.1, -0.05) is 60.7 Å². The lowest BCUT2D eigenvalue weighted by molar-refractivity contribution is -0.146. The fourth-order valence-electron chi connectivity index (χ4n) is 2.66. The summed E-state index contributed by atoms with van der Waals surface area (Å²) in [6, 6.07) is 20.5. The number of benzene rings is 2. The van der Waals surface area contributed by atoms with Crippen LogP contribution in [0.1, 0.15) is 30.5 Å². The molecule has 0 aliphatic carbocycles. The Kier molecular flexibility index (Phi) is 6.70. The van der Waals surface area contributed by atoms with Gasteiger partial charge < -0.3 is 4.74 Å². The average molecular weight is 325 g/mol.